The minimum absolute atomic E-state index is 0.107. The maximum Gasteiger partial charge on any atom is 0.308 e. The van der Waals surface area contributed by atoms with E-state index in [-0.39, 0.29) is 11.4 Å². The summed E-state index contributed by atoms with van der Waals surface area (Å²) in [6.45, 7) is 5.82. The minimum atomic E-state index is -0.250. The highest BCUT2D eigenvalue weighted by molar-refractivity contribution is 5.87. The number of benzene rings is 1. The standard InChI is InChI=1S/C21H26O3/c1-12-4-8-18(24-13(2)22)20-14(12)5-6-15-16(20)10-11-21(3)17(15)7-9-19(21)23/h4,8,15-17H,5-7,9-11H2,1-3H3/t15-,16-,17+,21-/m0/s1. The summed E-state index contributed by atoms with van der Waals surface area (Å²) in [5.74, 6) is 2.47. The molecule has 0 N–H and O–H groups in total. The van der Waals surface area contributed by atoms with Crippen LogP contribution in [0.3, 0.4) is 0 Å². The molecule has 0 saturated heterocycles. The van der Waals surface area contributed by atoms with Gasteiger partial charge in [-0.15, -0.1) is 0 Å². The first-order valence-electron chi connectivity index (χ1n) is 9.26. The second-order valence-electron chi connectivity index (χ2n) is 8.20. The number of carbonyl (C=O) groups is 2. The average molecular weight is 326 g/mol. The van der Waals surface area contributed by atoms with Crippen LogP contribution >= 0.6 is 0 Å². The first-order valence-corrected chi connectivity index (χ1v) is 9.26. The van der Waals surface area contributed by atoms with Gasteiger partial charge in [-0.25, -0.2) is 0 Å². The van der Waals surface area contributed by atoms with Gasteiger partial charge in [-0.3, -0.25) is 9.59 Å². The molecule has 2 saturated carbocycles. The molecule has 0 aliphatic heterocycles. The lowest BCUT2D eigenvalue weighted by Crippen LogP contribution is -2.42. The van der Waals surface area contributed by atoms with Crippen LogP contribution in [0.4, 0.5) is 0 Å². The number of esters is 1. The van der Waals surface area contributed by atoms with Crippen molar-refractivity contribution in [1.29, 1.82) is 0 Å². The molecule has 3 aliphatic carbocycles. The zero-order chi connectivity index (χ0) is 17.1. The molecule has 3 nitrogen and oxygen atoms in total. The summed E-state index contributed by atoms with van der Waals surface area (Å²) in [4.78, 5) is 24.0. The summed E-state index contributed by atoms with van der Waals surface area (Å²) in [5, 5.41) is 0. The van der Waals surface area contributed by atoms with E-state index in [1.54, 1.807) is 0 Å². The number of fused-ring (bicyclic) bond motifs is 5. The van der Waals surface area contributed by atoms with Gasteiger partial charge >= 0.3 is 5.97 Å². The Morgan fingerprint density at radius 3 is 2.75 bits per heavy atom. The molecule has 3 aliphatic rings. The Bertz CT molecular complexity index is 720. The number of ether oxygens (including phenoxy) is 1. The summed E-state index contributed by atoms with van der Waals surface area (Å²) < 4.78 is 5.57. The number of hydrogen-bond acceptors (Lipinski definition) is 3. The molecule has 0 unspecified atom stereocenters. The maximum atomic E-state index is 12.4. The van der Waals surface area contributed by atoms with Gasteiger partial charge in [0.05, 0.1) is 0 Å². The fourth-order valence-corrected chi connectivity index (χ4v) is 5.86. The van der Waals surface area contributed by atoms with Gasteiger partial charge in [0.2, 0.25) is 0 Å². The molecule has 4 rings (SSSR count). The lowest BCUT2D eigenvalue weighted by molar-refractivity contribution is -0.132. The highest BCUT2D eigenvalue weighted by Gasteiger charge is 2.55. The number of hydrogen-bond donors (Lipinski definition) is 0. The summed E-state index contributed by atoms with van der Waals surface area (Å²) >= 11 is 0. The third-order valence-corrected chi connectivity index (χ3v) is 7.05. The van der Waals surface area contributed by atoms with E-state index in [1.165, 1.54) is 23.6 Å². The zero-order valence-electron chi connectivity index (χ0n) is 14.9. The Morgan fingerprint density at radius 2 is 2.00 bits per heavy atom. The van der Waals surface area contributed by atoms with Gasteiger partial charge < -0.3 is 4.74 Å². The normalized spacial score (nSPS) is 34.3. The quantitative estimate of drug-likeness (QED) is 0.569. The number of ketones is 1. The summed E-state index contributed by atoms with van der Waals surface area (Å²) in [7, 11) is 0. The first kappa shape index (κ1) is 15.9. The van der Waals surface area contributed by atoms with Gasteiger partial charge in [0.25, 0.3) is 0 Å². The Morgan fingerprint density at radius 1 is 1.21 bits per heavy atom. The third kappa shape index (κ3) is 2.17. The molecule has 0 amide bonds. The second kappa shape index (κ2) is 5.44. The number of carbonyl (C=O) groups excluding carboxylic acids is 2. The molecule has 4 atom stereocenters. The van der Waals surface area contributed by atoms with Crippen LogP contribution in [-0.2, 0) is 16.0 Å². The number of aryl methyl sites for hydroxylation is 1. The van der Waals surface area contributed by atoms with Crippen molar-refractivity contribution in [2.24, 2.45) is 17.3 Å². The lowest BCUT2D eigenvalue weighted by Gasteiger charge is -2.48. The van der Waals surface area contributed by atoms with E-state index in [0.29, 0.717) is 23.5 Å². The van der Waals surface area contributed by atoms with E-state index in [4.69, 9.17) is 4.74 Å². The van der Waals surface area contributed by atoms with Gasteiger partial charge in [-0.05, 0) is 74.0 Å². The second-order valence-corrected chi connectivity index (χ2v) is 8.20. The van der Waals surface area contributed by atoms with Crippen molar-refractivity contribution in [2.45, 2.75) is 65.2 Å². The maximum absolute atomic E-state index is 12.4. The molecule has 24 heavy (non-hydrogen) atoms. The van der Waals surface area contributed by atoms with Gasteiger partial charge in [-0.2, -0.15) is 0 Å². The van der Waals surface area contributed by atoms with E-state index in [1.807, 2.05) is 6.07 Å². The fraction of sp³-hybridized carbons (Fsp3) is 0.619. The predicted octanol–water partition coefficient (Wildman–Crippen LogP) is 4.35. The Hall–Kier alpha value is -1.64. The van der Waals surface area contributed by atoms with E-state index in [9.17, 15) is 9.59 Å². The molecule has 2 fully saturated rings. The van der Waals surface area contributed by atoms with Crippen molar-refractivity contribution in [3.63, 3.8) is 0 Å². The number of rotatable bonds is 1. The molecular formula is C21H26O3. The summed E-state index contributed by atoms with van der Waals surface area (Å²) in [5.41, 5.74) is 3.84. The molecule has 0 spiro atoms. The first-order chi connectivity index (χ1) is 11.4. The fourth-order valence-electron chi connectivity index (χ4n) is 5.86. The van der Waals surface area contributed by atoms with Crippen LogP contribution < -0.4 is 4.74 Å². The smallest absolute Gasteiger partial charge is 0.308 e. The van der Waals surface area contributed by atoms with Crippen LogP contribution in [0.15, 0.2) is 12.1 Å². The van der Waals surface area contributed by atoms with Crippen LogP contribution in [0.2, 0.25) is 0 Å². The van der Waals surface area contributed by atoms with Crippen molar-refractivity contribution in [1.82, 2.24) is 0 Å². The van der Waals surface area contributed by atoms with Crippen molar-refractivity contribution in [2.75, 3.05) is 0 Å². The van der Waals surface area contributed by atoms with E-state index >= 15 is 0 Å². The van der Waals surface area contributed by atoms with Crippen LogP contribution in [0.1, 0.15) is 68.6 Å². The molecule has 1 aromatic carbocycles. The highest BCUT2D eigenvalue weighted by Crippen LogP contribution is 2.60. The van der Waals surface area contributed by atoms with Gasteiger partial charge in [-0.1, -0.05) is 13.0 Å². The molecule has 128 valence electrons. The minimum Gasteiger partial charge on any atom is -0.426 e. The Balaban J connectivity index is 1.78. The van der Waals surface area contributed by atoms with E-state index in [0.717, 1.165) is 44.3 Å². The van der Waals surface area contributed by atoms with Crippen LogP contribution in [0, 0.1) is 24.2 Å². The van der Waals surface area contributed by atoms with Crippen LogP contribution in [-0.4, -0.2) is 11.8 Å². The molecule has 0 radical (unpaired) electrons. The predicted molar refractivity (Wildman–Crippen MR) is 92.1 cm³/mol. The Labute approximate surface area is 143 Å². The average Bonchev–Trinajstić information content (AvgIpc) is 2.85. The van der Waals surface area contributed by atoms with Gasteiger partial charge in [0.15, 0.2) is 0 Å². The Kier molecular flexibility index (Phi) is 3.59. The van der Waals surface area contributed by atoms with Gasteiger partial charge in [0, 0.05) is 24.3 Å². The zero-order valence-corrected chi connectivity index (χ0v) is 14.9. The molecule has 3 heteroatoms. The third-order valence-electron chi connectivity index (χ3n) is 7.05. The summed E-state index contributed by atoms with van der Waals surface area (Å²) in [6, 6.07) is 4.04. The van der Waals surface area contributed by atoms with Gasteiger partial charge in [0.1, 0.15) is 11.5 Å². The SMILES string of the molecule is CC(=O)Oc1ccc(C)c2c1[C@H]1CC[C@]3(C)C(=O)CC[C@@H]3[C@H]1CC2. The van der Waals surface area contributed by atoms with Crippen LogP contribution in [0.5, 0.6) is 5.75 Å². The monoisotopic (exact) mass is 326 g/mol. The molecule has 0 aromatic heterocycles. The molecule has 1 aromatic rings. The number of Topliss-reactive ketones (excluding diaryl/α,β-unsaturated/α-hetero) is 1. The lowest BCUT2D eigenvalue weighted by atomic mass is 9.55. The van der Waals surface area contributed by atoms with Crippen molar-refractivity contribution < 1.29 is 14.3 Å². The topological polar surface area (TPSA) is 43.4 Å². The largest absolute Gasteiger partial charge is 0.426 e. The van der Waals surface area contributed by atoms with Crippen molar-refractivity contribution in [3.05, 3.63) is 28.8 Å². The van der Waals surface area contributed by atoms with Crippen molar-refractivity contribution >= 4 is 11.8 Å². The molecular weight excluding hydrogens is 300 g/mol. The molecule has 0 bridgehead atoms. The van der Waals surface area contributed by atoms with Crippen LogP contribution in [0.25, 0.3) is 0 Å². The van der Waals surface area contributed by atoms with Crippen molar-refractivity contribution in [3.8, 4) is 5.75 Å². The van der Waals surface area contributed by atoms with E-state index < -0.39 is 0 Å². The summed E-state index contributed by atoms with van der Waals surface area (Å²) in [6.07, 6.45) is 6.01. The highest BCUT2D eigenvalue weighted by atomic mass is 16.5. The van der Waals surface area contributed by atoms with E-state index in [2.05, 4.69) is 19.9 Å². The molecule has 0 heterocycles.